The number of hydrogen-bond donors (Lipinski definition) is 1. The molecule has 0 aliphatic heterocycles. The number of nitrogens with zero attached hydrogens (tertiary/aromatic N) is 1. The van der Waals surface area contributed by atoms with Gasteiger partial charge in [0, 0.05) is 10.5 Å². The summed E-state index contributed by atoms with van der Waals surface area (Å²) in [5.74, 6) is 0.751. The molecular weight excluding hydrogens is 536 g/mol. The van der Waals surface area contributed by atoms with Gasteiger partial charge >= 0.3 is 0 Å². The third-order valence-electron chi connectivity index (χ3n) is 5.32. The molecule has 3 rings (SSSR count). The first-order valence-electron chi connectivity index (χ1n) is 10.6. The van der Waals surface area contributed by atoms with Gasteiger partial charge in [0.2, 0.25) is 5.91 Å². The largest absolute Gasteiger partial charge is 0.497 e. The Kier molecular flexibility index (Phi) is 8.63. The highest BCUT2D eigenvalue weighted by molar-refractivity contribution is 9.10. The highest BCUT2D eigenvalue weighted by atomic mass is 79.9. The molecule has 0 saturated heterocycles. The van der Waals surface area contributed by atoms with Gasteiger partial charge in [0.25, 0.3) is 10.0 Å². The highest BCUT2D eigenvalue weighted by Crippen LogP contribution is 2.32. The van der Waals surface area contributed by atoms with Gasteiger partial charge < -0.3 is 19.5 Å². The molecule has 0 aliphatic carbocycles. The zero-order valence-corrected chi connectivity index (χ0v) is 22.2. The van der Waals surface area contributed by atoms with E-state index in [4.69, 9.17) is 14.2 Å². The molecule has 1 N–H and O–H groups in total. The first-order valence-corrected chi connectivity index (χ1v) is 12.9. The van der Waals surface area contributed by atoms with Crippen LogP contribution in [0.2, 0.25) is 0 Å². The van der Waals surface area contributed by atoms with Gasteiger partial charge in [-0.15, -0.1) is 0 Å². The van der Waals surface area contributed by atoms with Gasteiger partial charge in [-0.1, -0.05) is 28.1 Å². The predicted molar refractivity (Wildman–Crippen MR) is 138 cm³/mol. The van der Waals surface area contributed by atoms with Crippen molar-refractivity contribution in [3.8, 4) is 17.2 Å². The van der Waals surface area contributed by atoms with Gasteiger partial charge in [0.05, 0.1) is 38.0 Å². The predicted octanol–water partition coefficient (Wildman–Crippen LogP) is 4.55. The molecule has 3 aromatic rings. The van der Waals surface area contributed by atoms with Crippen LogP contribution in [-0.4, -0.2) is 42.2 Å². The maximum atomic E-state index is 13.7. The second-order valence-corrected chi connectivity index (χ2v) is 10.3. The number of benzene rings is 3. The second-order valence-electron chi connectivity index (χ2n) is 7.57. The van der Waals surface area contributed by atoms with Crippen molar-refractivity contribution >= 4 is 37.5 Å². The Morgan fingerprint density at radius 1 is 0.943 bits per heavy atom. The van der Waals surface area contributed by atoms with E-state index in [1.54, 1.807) is 24.3 Å². The third kappa shape index (κ3) is 6.26. The minimum Gasteiger partial charge on any atom is -0.497 e. The lowest BCUT2D eigenvalue weighted by Gasteiger charge is -2.25. The van der Waals surface area contributed by atoms with Crippen molar-refractivity contribution in [2.24, 2.45) is 0 Å². The molecule has 0 heterocycles. The summed E-state index contributed by atoms with van der Waals surface area (Å²) in [4.78, 5) is 13.0. The van der Waals surface area contributed by atoms with Gasteiger partial charge in [0.1, 0.15) is 12.3 Å². The Balaban J connectivity index is 1.95. The lowest BCUT2D eigenvalue weighted by atomic mass is 10.1. The zero-order valence-electron chi connectivity index (χ0n) is 19.8. The summed E-state index contributed by atoms with van der Waals surface area (Å²) in [5.41, 5.74) is 1.19. The number of carbonyl (C=O) groups is 1. The Morgan fingerprint density at radius 2 is 1.63 bits per heavy atom. The molecule has 10 heteroatoms. The molecule has 0 aliphatic rings. The van der Waals surface area contributed by atoms with E-state index >= 15 is 0 Å². The van der Waals surface area contributed by atoms with E-state index in [0.717, 1.165) is 14.3 Å². The summed E-state index contributed by atoms with van der Waals surface area (Å²) in [7, 11) is 0.261. The van der Waals surface area contributed by atoms with Gasteiger partial charge in [-0.25, -0.2) is 8.42 Å². The van der Waals surface area contributed by atoms with E-state index in [-0.39, 0.29) is 16.7 Å². The topological polar surface area (TPSA) is 94.2 Å². The monoisotopic (exact) mass is 562 g/mol. The van der Waals surface area contributed by atoms with E-state index < -0.39 is 22.5 Å². The minimum atomic E-state index is -4.14. The normalized spacial score (nSPS) is 11.9. The average molecular weight is 563 g/mol. The van der Waals surface area contributed by atoms with E-state index in [1.165, 1.54) is 39.5 Å². The van der Waals surface area contributed by atoms with Crippen LogP contribution in [0.25, 0.3) is 0 Å². The number of nitrogens with one attached hydrogen (secondary N) is 1. The molecule has 0 bridgehead atoms. The molecule has 0 saturated carbocycles. The maximum absolute atomic E-state index is 13.7. The summed E-state index contributed by atoms with van der Waals surface area (Å²) < 4.78 is 45.0. The number of anilines is 1. The van der Waals surface area contributed by atoms with E-state index in [2.05, 4.69) is 21.2 Å². The van der Waals surface area contributed by atoms with E-state index in [0.29, 0.717) is 17.2 Å². The smallest absolute Gasteiger partial charge is 0.264 e. The molecule has 3 aromatic carbocycles. The Hall–Kier alpha value is -3.24. The SMILES string of the molecule is COc1ccc(N(CC(=O)N[C@H](C)c2cccc(Br)c2)S(=O)(=O)c2ccc(OC)c(OC)c2)cc1. The minimum absolute atomic E-state index is 0.0428. The van der Waals surface area contributed by atoms with Crippen molar-refractivity contribution in [2.45, 2.75) is 17.9 Å². The molecule has 8 nitrogen and oxygen atoms in total. The van der Waals surface area contributed by atoms with Gasteiger partial charge in [-0.05, 0) is 61.0 Å². The number of ether oxygens (including phenoxy) is 3. The summed E-state index contributed by atoms with van der Waals surface area (Å²) in [6.07, 6.45) is 0. The standard InChI is InChI=1S/C25H27BrN2O6S/c1-17(18-6-5-7-19(26)14-18)27-25(29)16-28(20-8-10-21(32-2)11-9-20)35(30,31)22-12-13-23(33-3)24(15-22)34-4/h5-15,17H,16H2,1-4H3,(H,27,29)/t17-/m1/s1. The highest BCUT2D eigenvalue weighted by Gasteiger charge is 2.29. The van der Waals surface area contributed by atoms with Gasteiger partial charge in [-0.3, -0.25) is 9.10 Å². The van der Waals surface area contributed by atoms with E-state index in [9.17, 15) is 13.2 Å². The number of methoxy groups -OCH3 is 3. The van der Waals surface area contributed by atoms with Crippen LogP contribution in [0.15, 0.2) is 76.1 Å². The molecule has 1 atom stereocenters. The molecule has 0 fully saturated rings. The Bertz CT molecular complexity index is 1280. The van der Waals surface area contributed by atoms with Crippen molar-refractivity contribution < 1.29 is 27.4 Å². The molecular formula is C25H27BrN2O6S. The third-order valence-corrected chi connectivity index (χ3v) is 7.58. The van der Waals surface area contributed by atoms with Crippen molar-refractivity contribution in [2.75, 3.05) is 32.2 Å². The van der Waals surface area contributed by atoms with Crippen LogP contribution in [0, 0.1) is 0 Å². The van der Waals surface area contributed by atoms with Crippen molar-refractivity contribution in [1.82, 2.24) is 5.32 Å². The van der Waals surface area contributed by atoms with Crippen LogP contribution in [0.5, 0.6) is 17.2 Å². The first-order chi connectivity index (χ1) is 16.7. The zero-order chi connectivity index (χ0) is 25.6. The number of amides is 1. The number of rotatable bonds is 10. The van der Waals surface area contributed by atoms with Gasteiger partial charge in [-0.2, -0.15) is 0 Å². The summed E-state index contributed by atoms with van der Waals surface area (Å²) in [5, 5.41) is 2.88. The molecule has 186 valence electrons. The average Bonchev–Trinajstić information content (AvgIpc) is 2.86. The number of sulfonamides is 1. The maximum Gasteiger partial charge on any atom is 0.264 e. The van der Waals surface area contributed by atoms with E-state index in [1.807, 2.05) is 31.2 Å². The molecule has 1 amide bonds. The lowest BCUT2D eigenvalue weighted by molar-refractivity contribution is -0.120. The van der Waals surface area contributed by atoms with Crippen LogP contribution in [0.1, 0.15) is 18.5 Å². The molecule has 0 unspecified atom stereocenters. The van der Waals surface area contributed by atoms with Crippen LogP contribution in [0.4, 0.5) is 5.69 Å². The molecule has 0 radical (unpaired) electrons. The van der Waals surface area contributed by atoms with Crippen LogP contribution < -0.4 is 23.8 Å². The fourth-order valence-electron chi connectivity index (χ4n) is 3.44. The fourth-order valence-corrected chi connectivity index (χ4v) is 5.30. The number of hydrogen-bond acceptors (Lipinski definition) is 6. The number of carbonyl (C=O) groups excluding carboxylic acids is 1. The summed E-state index contributed by atoms with van der Waals surface area (Å²) in [6, 6.07) is 17.9. The number of halogens is 1. The molecule has 35 heavy (non-hydrogen) atoms. The van der Waals surface area contributed by atoms with Crippen molar-refractivity contribution in [3.05, 3.63) is 76.8 Å². The molecule has 0 aromatic heterocycles. The van der Waals surface area contributed by atoms with Crippen LogP contribution >= 0.6 is 15.9 Å². The Labute approximate surface area is 214 Å². The summed E-state index contributed by atoms with van der Waals surface area (Å²) >= 11 is 3.42. The first kappa shape index (κ1) is 26.4. The van der Waals surface area contributed by atoms with Crippen LogP contribution in [-0.2, 0) is 14.8 Å². The fraction of sp³-hybridized carbons (Fsp3) is 0.240. The van der Waals surface area contributed by atoms with Crippen LogP contribution in [0.3, 0.4) is 0 Å². The molecule has 0 spiro atoms. The van der Waals surface area contributed by atoms with Crippen molar-refractivity contribution in [3.63, 3.8) is 0 Å². The quantitative estimate of drug-likeness (QED) is 0.389. The lowest BCUT2D eigenvalue weighted by Crippen LogP contribution is -2.41. The summed E-state index contributed by atoms with van der Waals surface area (Å²) in [6.45, 7) is 1.40. The second kappa shape index (κ2) is 11.5. The van der Waals surface area contributed by atoms with Crippen molar-refractivity contribution in [1.29, 1.82) is 0 Å². The Morgan fingerprint density at radius 3 is 2.23 bits per heavy atom. The van der Waals surface area contributed by atoms with Gasteiger partial charge in [0.15, 0.2) is 11.5 Å².